The van der Waals surface area contributed by atoms with Gasteiger partial charge >= 0.3 is 0 Å². The molecule has 6 heteroatoms. The Hall–Kier alpha value is -1.11. The lowest BCUT2D eigenvalue weighted by Gasteiger charge is -2.20. The molecule has 0 spiro atoms. The van der Waals surface area contributed by atoms with Crippen LogP contribution in [-0.4, -0.2) is 34.0 Å². The van der Waals surface area contributed by atoms with Gasteiger partial charge in [0.05, 0.1) is 19.0 Å². The Bertz CT molecular complexity index is 672. The molecule has 1 N–H and O–H groups in total. The van der Waals surface area contributed by atoms with E-state index in [1.54, 1.807) is 0 Å². The van der Waals surface area contributed by atoms with Crippen molar-refractivity contribution >= 4 is 10.0 Å². The summed E-state index contributed by atoms with van der Waals surface area (Å²) < 4.78 is 38.7. The zero-order valence-corrected chi connectivity index (χ0v) is 18.8. The highest BCUT2D eigenvalue weighted by molar-refractivity contribution is 7.89. The van der Waals surface area contributed by atoms with Crippen molar-refractivity contribution < 1.29 is 17.9 Å². The Morgan fingerprint density at radius 3 is 2.26 bits per heavy atom. The normalized spacial score (nSPS) is 14.2. The second-order valence-electron chi connectivity index (χ2n) is 9.55. The summed E-state index contributed by atoms with van der Waals surface area (Å²) >= 11 is 0. The molecule has 0 aliphatic carbocycles. The van der Waals surface area contributed by atoms with E-state index in [2.05, 4.69) is 46.3 Å². The minimum absolute atomic E-state index is 0.0572. The molecule has 0 bridgehead atoms. The van der Waals surface area contributed by atoms with Crippen LogP contribution < -0.4 is 9.46 Å². The fourth-order valence-corrected chi connectivity index (χ4v) is 3.59. The van der Waals surface area contributed by atoms with E-state index >= 15 is 0 Å². The fraction of sp³-hybridized carbons (Fsp3) is 0.714. The van der Waals surface area contributed by atoms with Gasteiger partial charge in [-0.15, -0.1) is 0 Å². The molecule has 0 heterocycles. The van der Waals surface area contributed by atoms with E-state index < -0.39 is 10.0 Å². The molecule has 5 nitrogen and oxygen atoms in total. The fourth-order valence-electron chi connectivity index (χ4n) is 2.30. The average Bonchev–Trinajstić information content (AvgIpc) is 2.50. The van der Waals surface area contributed by atoms with Crippen LogP contribution in [0.15, 0.2) is 24.3 Å². The number of benzene rings is 1. The van der Waals surface area contributed by atoms with Crippen molar-refractivity contribution in [3.63, 3.8) is 0 Å². The second-order valence-corrected chi connectivity index (χ2v) is 11.4. The average molecular weight is 400 g/mol. The van der Waals surface area contributed by atoms with Gasteiger partial charge in [0, 0.05) is 12.6 Å². The number of hydrogen-bond donors (Lipinski definition) is 1. The van der Waals surface area contributed by atoms with Gasteiger partial charge in [-0.1, -0.05) is 53.7 Å². The number of rotatable bonds is 10. The topological polar surface area (TPSA) is 64.6 Å². The van der Waals surface area contributed by atoms with Crippen LogP contribution in [0.5, 0.6) is 5.75 Å². The lowest BCUT2D eigenvalue weighted by Crippen LogP contribution is -2.29. The van der Waals surface area contributed by atoms with Crippen LogP contribution in [0.4, 0.5) is 0 Å². The summed E-state index contributed by atoms with van der Waals surface area (Å²) in [5, 5.41) is 0. The van der Waals surface area contributed by atoms with Crippen molar-refractivity contribution in [2.75, 3.05) is 25.6 Å². The zero-order valence-electron chi connectivity index (χ0n) is 18.0. The van der Waals surface area contributed by atoms with E-state index in [0.717, 1.165) is 11.3 Å². The van der Waals surface area contributed by atoms with Crippen molar-refractivity contribution in [2.45, 2.75) is 60.9 Å². The molecule has 1 aromatic carbocycles. The summed E-state index contributed by atoms with van der Waals surface area (Å²) in [5.41, 5.74) is 1.04. The summed E-state index contributed by atoms with van der Waals surface area (Å²) in [7, 11) is -3.36. The first kappa shape index (κ1) is 23.9. The first-order valence-electron chi connectivity index (χ1n) is 9.58. The highest BCUT2D eigenvalue weighted by Gasteiger charge is 2.17. The maximum Gasteiger partial charge on any atom is 0.212 e. The molecule has 0 saturated carbocycles. The molecule has 0 saturated heterocycles. The van der Waals surface area contributed by atoms with E-state index in [-0.39, 0.29) is 22.6 Å². The van der Waals surface area contributed by atoms with Crippen LogP contribution in [0.2, 0.25) is 0 Å². The van der Waals surface area contributed by atoms with E-state index in [4.69, 9.17) is 9.47 Å². The van der Waals surface area contributed by atoms with Gasteiger partial charge in [0.1, 0.15) is 5.75 Å². The van der Waals surface area contributed by atoms with Crippen LogP contribution in [0.1, 0.15) is 66.5 Å². The van der Waals surface area contributed by atoms with Crippen molar-refractivity contribution in [1.29, 1.82) is 0 Å². The third-order valence-electron chi connectivity index (χ3n) is 3.62. The van der Waals surface area contributed by atoms with E-state index in [0.29, 0.717) is 26.2 Å². The Balaban J connectivity index is 2.52. The molecule has 1 aromatic rings. The van der Waals surface area contributed by atoms with Gasteiger partial charge in [0.15, 0.2) is 0 Å². The number of hydrogen-bond acceptors (Lipinski definition) is 4. The summed E-state index contributed by atoms with van der Waals surface area (Å²) in [5.74, 6) is 0.811. The maximum atomic E-state index is 12.3. The minimum atomic E-state index is -3.36. The van der Waals surface area contributed by atoms with Crippen molar-refractivity contribution in [2.24, 2.45) is 10.8 Å². The van der Waals surface area contributed by atoms with Gasteiger partial charge in [-0.05, 0) is 41.9 Å². The Morgan fingerprint density at radius 1 is 1.04 bits per heavy atom. The van der Waals surface area contributed by atoms with Crippen LogP contribution >= 0.6 is 0 Å². The van der Waals surface area contributed by atoms with Crippen LogP contribution in [0.25, 0.3) is 0 Å². The lowest BCUT2D eigenvalue weighted by molar-refractivity contribution is 0.0720. The molecular weight excluding hydrogens is 362 g/mol. The Morgan fingerprint density at radius 2 is 1.67 bits per heavy atom. The Kier molecular flexibility index (Phi) is 8.77. The molecule has 0 amide bonds. The van der Waals surface area contributed by atoms with Gasteiger partial charge in [-0.25, -0.2) is 13.1 Å². The largest absolute Gasteiger partial charge is 0.493 e. The summed E-state index contributed by atoms with van der Waals surface area (Å²) in [6.45, 7) is 16.1. The first-order valence-corrected chi connectivity index (χ1v) is 11.2. The van der Waals surface area contributed by atoms with Crippen LogP contribution in [-0.2, 0) is 14.8 Å². The predicted molar refractivity (Wildman–Crippen MR) is 112 cm³/mol. The Labute approximate surface area is 165 Å². The highest BCUT2D eigenvalue weighted by atomic mass is 32.2. The van der Waals surface area contributed by atoms with Crippen molar-refractivity contribution in [3.05, 3.63) is 29.8 Å². The summed E-state index contributed by atoms with van der Waals surface area (Å²) in [4.78, 5) is 0. The van der Waals surface area contributed by atoms with E-state index in [1.165, 1.54) is 0 Å². The van der Waals surface area contributed by atoms with Gasteiger partial charge in [-0.3, -0.25) is 0 Å². The maximum absolute atomic E-state index is 12.3. The summed E-state index contributed by atoms with van der Waals surface area (Å²) in [6, 6.07) is 7.26. The molecule has 0 fully saturated rings. The predicted octanol–water partition coefficient (Wildman–Crippen LogP) is 4.54. The molecule has 156 valence electrons. The second kappa shape index (κ2) is 9.89. The van der Waals surface area contributed by atoms with E-state index in [1.807, 2.05) is 31.2 Å². The highest BCUT2D eigenvalue weighted by Crippen LogP contribution is 2.22. The molecule has 1 rings (SSSR count). The number of sulfonamides is 1. The summed E-state index contributed by atoms with van der Waals surface area (Å²) in [6.07, 6.45) is 0.479. The molecule has 0 aliphatic rings. The molecular formula is C21H37NO4S. The van der Waals surface area contributed by atoms with Gasteiger partial charge in [-0.2, -0.15) is 0 Å². The number of ether oxygens (including phenoxy) is 2. The molecule has 0 aliphatic heterocycles. The van der Waals surface area contributed by atoms with Gasteiger partial charge in [0.2, 0.25) is 10.0 Å². The third-order valence-corrected chi connectivity index (χ3v) is 5.16. The molecule has 0 aromatic heterocycles. The quantitative estimate of drug-likeness (QED) is 0.587. The van der Waals surface area contributed by atoms with Crippen molar-refractivity contribution in [1.82, 2.24) is 4.72 Å². The SMILES string of the molecule is C[C@@H](NS(=O)(=O)CCCOCC(C)(C)C)c1cccc(OCC(C)(C)C)c1. The minimum Gasteiger partial charge on any atom is -0.493 e. The van der Waals surface area contributed by atoms with Gasteiger partial charge < -0.3 is 9.47 Å². The lowest BCUT2D eigenvalue weighted by atomic mass is 9.99. The molecule has 0 unspecified atom stereocenters. The van der Waals surface area contributed by atoms with E-state index in [9.17, 15) is 8.42 Å². The zero-order chi connectivity index (χ0) is 20.7. The standard InChI is InChI=1S/C21H37NO4S/c1-17(18-10-8-11-19(14-18)26-16-21(5,6)7)22-27(23,24)13-9-12-25-15-20(2,3)4/h8,10-11,14,17,22H,9,12-13,15-16H2,1-7H3/t17-/m1/s1. The smallest absolute Gasteiger partial charge is 0.212 e. The van der Waals surface area contributed by atoms with Gasteiger partial charge in [0.25, 0.3) is 0 Å². The molecule has 1 atom stereocenters. The molecule has 27 heavy (non-hydrogen) atoms. The van der Waals surface area contributed by atoms with Crippen LogP contribution in [0, 0.1) is 10.8 Å². The monoisotopic (exact) mass is 399 g/mol. The number of nitrogens with one attached hydrogen (secondary N) is 1. The molecule has 0 radical (unpaired) electrons. The first-order chi connectivity index (χ1) is 12.3. The third kappa shape index (κ3) is 11.4. The van der Waals surface area contributed by atoms with Crippen molar-refractivity contribution in [3.8, 4) is 5.75 Å². The van der Waals surface area contributed by atoms with Crippen LogP contribution in [0.3, 0.4) is 0 Å².